The van der Waals surface area contributed by atoms with Crippen LogP contribution >= 0.6 is 0 Å². The molecule has 0 fully saturated rings. The Hall–Kier alpha value is -6.78. The van der Waals surface area contributed by atoms with Gasteiger partial charge in [0, 0.05) is 34.1 Å². The van der Waals surface area contributed by atoms with Crippen LogP contribution in [0.4, 0.5) is 34.1 Å². The molecule has 7 rings (SSSR count). The maximum atomic E-state index is 9.85. The zero-order chi connectivity index (χ0) is 35.9. The smallest absolute Gasteiger partial charge is 0.115 e. The van der Waals surface area contributed by atoms with Gasteiger partial charge < -0.3 is 20.0 Å². The molecular formula is C48H40N2O2. The van der Waals surface area contributed by atoms with Crippen LogP contribution in [0.25, 0.3) is 24.3 Å². The van der Waals surface area contributed by atoms with Crippen molar-refractivity contribution >= 4 is 58.4 Å². The lowest BCUT2D eigenvalue weighted by Gasteiger charge is -2.25. The van der Waals surface area contributed by atoms with Crippen molar-refractivity contribution in [2.45, 2.75) is 13.8 Å². The van der Waals surface area contributed by atoms with E-state index in [2.05, 4.69) is 169 Å². The van der Waals surface area contributed by atoms with E-state index in [0.717, 1.165) is 56.4 Å². The van der Waals surface area contributed by atoms with Gasteiger partial charge in [0.05, 0.1) is 0 Å². The third-order valence-corrected chi connectivity index (χ3v) is 8.98. The first kappa shape index (κ1) is 33.7. The molecule has 0 saturated carbocycles. The summed E-state index contributed by atoms with van der Waals surface area (Å²) in [6.07, 6.45) is 8.52. The highest BCUT2D eigenvalue weighted by molar-refractivity contribution is 5.80. The summed E-state index contributed by atoms with van der Waals surface area (Å²) in [7, 11) is 0. The van der Waals surface area contributed by atoms with Gasteiger partial charge in [-0.05, 0) is 133 Å². The molecular weight excluding hydrogens is 637 g/mol. The molecule has 0 aliphatic rings. The number of nitrogens with zero attached hydrogens (tertiary/aromatic N) is 2. The summed E-state index contributed by atoms with van der Waals surface area (Å²) in [5.74, 6) is 0.494. The van der Waals surface area contributed by atoms with Crippen molar-refractivity contribution in [1.82, 2.24) is 0 Å². The van der Waals surface area contributed by atoms with E-state index in [0.29, 0.717) is 0 Å². The second-order valence-corrected chi connectivity index (χ2v) is 12.9. The Balaban J connectivity index is 1.02. The Morgan fingerprint density at radius 1 is 0.288 bits per heavy atom. The molecule has 7 aromatic rings. The molecule has 4 nitrogen and oxygen atoms in total. The topological polar surface area (TPSA) is 46.9 Å². The molecule has 0 radical (unpaired) electrons. The van der Waals surface area contributed by atoms with Gasteiger partial charge in [-0.25, -0.2) is 0 Å². The van der Waals surface area contributed by atoms with Crippen molar-refractivity contribution in [2.75, 3.05) is 9.80 Å². The normalized spacial score (nSPS) is 11.3. The van der Waals surface area contributed by atoms with E-state index in [-0.39, 0.29) is 11.5 Å². The van der Waals surface area contributed by atoms with Crippen molar-refractivity contribution in [1.29, 1.82) is 0 Å². The maximum absolute atomic E-state index is 9.85. The summed E-state index contributed by atoms with van der Waals surface area (Å²) in [6.45, 7) is 4.17. The zero-order valence-corrected chi connectivity index (χ0v) is 29.3. The Labute approximate surface area is 306 Å². The number of aromatic hydroxyl groups is 2. The van der Waals surface area contributed by atoms with Crippen LogP contribution in [0, 0.1) is 13.8 Å². The second kappa shape index (κ2) is 15.4. The molecule has 0 atom stereocenters. The standard InChI is InChI=1S/C48H40N2O2/c1-35-3-19-41(20-4-35)49(45-27-31-47(51)32-28-45)43-23-15-39(16-24-43)13-11-37-7-9-38(10-8-37)12-14-40-17-25-44(26-18-40)50(42-21-5-36(2)6-22-42)46-29-33-48(52)34-30-46/h3-34,51-52H,1-2H3/b13-11+,14-12+. The summed E-state index contributed by atoms with van der Waals surface area (Å²) in [5.41, 5.74) is 13.0. The lowest BCUT2D eigenvalue weighted by atomic mass is 10.1. The predicted octanol–water partition coefficient (Wildman–Crippen LogP) is 13.0. The minimum absolute atomic E-state index is 0.247. The summed E-state index contributed by atoms with van der Waals surface area (Å²) >= 11 is 0. The Bertz CT molecular complexity index is 2010. The summed E-state index contributed by atoms with van der Waals surface area (Å²) in [6, 6.07) is 57.0. The highest BCUT2D eigenvalue weighted by Crippen LogP contribution is 2.37. The zero-order valence-electron chi connectivity index (χ0n) is 29.3. The molecule has 0 unspecified atom stereocenters. The van der Waals surface area contributed by atoms with Gasteiger partial charge in [0.25, 0.3) is 0 Å². The summed E-state index contributed by atoms with van der Waals surface area (Å²) in [5, 5.41) is 19.7. The van der Waals surface area contributed by atoms with Crippen molar-refractivity contribution in [2.24, 2.45) is 0 Å². The van der Waals surface area contributed by atoms with Crippen molar-refractivity contribution in [3.63, 3.8) is 0 Å². The Morgan fingerprint density at radius 2 is 0.481 bits per heavy atom. The molecule has 2 N–H and O–H groups in total. The number of benzene rings is 7. The van der Waals surface area contributed by atoms with Gasteiger partial charge in [-0.15, -0.1) is 0 Å². The van der Waals surface area contributed by atoms with E-state index in [1.807, 2.05) is 24.3 Å². The molecule has 0 heterocycles. The minimum Gasteiger partial charge on any atom is -0.508 e. The first-order chi connectivity index (χ1) is 25.4. The monoisotopic (exact) mass is 676 g/mol. The third-order valence-electron chi connectivity index (χ3n) is 8.98. The van der Waals surface area contributed by atoms with Gasteiger partial charge in [-0.3, -0.25) is 0 Å². The van der Waals surface area contributed by atoms with Crippen LogP contribution in [-0.4, -0.2) is 10.2 Å². The maximum Gasteiger partial charge on any atom is 0.115 e. The fourth-order valence-electron chi connectivity index (χ4n) is 6.06. The molecule has 0 aliphatic heterocycles. The quantitative estimate of drug-likeness (QED) is 0.142. The molecule has 0 saturated heterocycles. The predicted molar refractivity (Wildman–Crippen MR) is 219 cm³/mol. The number of phenolic OH excluding ortho intramolecular Hbond substituents is 2. The Kier molecular flexibility index (Phi) is 9.99. The van der Waals surface area contributed by atoms with Gasteiger partial charge in [-0.2, -0.15) is 0 Å². The van der Waals surface area contributed by atoms with Crippen LogP contribution in [-0.2, 0) is 0 Å². The fourth-order valence-corrected chi connectivity index (χ4v) is 6.06. The largest absolute Gasteiger partial charge is 0.508 e. The van der Waals surface area contributed by atoms with Crippen LogP contribution < -0.4 is 9.80 Å². The number of hydrogen-bond acceptors (Lipinski definition) is 4. The average molecular weight is 677 g/mol. The van der Waals surface area contributed by atoms with E-state index < -0.39 is 0 Å². The SMILES string of the molecule is Cc1ccc(N(c2ccc(O)cc2)c2ccc(/C=C/c3ccc(/C=C/c4ccc(N(c5ccc(C)cc5)c5ccc(O)cc5)cc4)cc3)cc2)cc1. The molecule has 4 heteroatoms. The average Bonchev–Trinajstić information content (AvgIpc) is 3.18. The highest BCUT2D eigenvalue weighted by Gasteiger charge is 2.14. The van der Waals surface area contributed by atoms with Crippen LogP contribution in [0.3, 0.4) is 0 Å². The van der Waals surface area contributed by atoms with E-state index in [1.165, 1.54) is 11.1 Å². The van der Waals surface area contributed by atoms with Gasteiger partial charge in [0.15, 0.2) is 0 Å². The van der Waals surface area contributed by atoms with Crippen LogP contribution in [0.15, 0.2) is 170 Å². The minimum atomic E-state index is 0.247. The lowest BCUT2D eigenvalue weighted by molar-refractivity contribution is 0.475. The van der Waals surface area contributed by atoms with Crippen molar-refractivity contribution in [3.05, 3.63) is 203 Å². The second-order valence-electron chi connectivity index (χ2n) is 12.9. The third kappa shape index (κ3) is 8.15. The highest BCUT2D eigenvalue weighted by atomic mass is 16.3. The lowest BCUT2D eigenvalue weighted by Crippen LogP contribution is -2.09. The van der Waals surface area contributed by atoms with E-state index >= 15 is 0 Å². The van der Waals surface area contributed by atoms with Crippen molar-refractivity contribution < 1.29 is 10.2 Å². The molecule has 0 aromatic heterocycles. The van der Waals surface area contributed by atoms with Gasteiger partial charge in [0.1, 0.15) is 11.5 Å². The van der Waals surface area contributed by atoms with Crippen molar-refractivity contribution in [3.8, 4) is 11.5 Å². The van der Waals surface area contributed by atoms with Gasteiger partial charge >= 0.3 is 0 Å². The summed E-state index contributed by atoms with van der Waals surface area (Å²) < 4.78 is 0. The number of rotatable bonds is 10. The fraction of sp³-hybridized carbons (Fsp3) is 0.0417. The van der Waals surface area contributed by atoms with Crippen LogP contribution in [0.1, 0.15) is 33.4 Å². The van der Waals surface area contributed by atoms with E-state index in [1.54, 1.807) is 24.3 Å². The molecule has 0 amide bonds. The van der Waals surface area contributed by atoms with Crippen LogP contribution in [0.5, 0.6) is 11.5 Å². The number of hydrogen-bond donors (Lipinski definition) is 2. The molecule has 52 heavy (non-hydrogen) atoms. The first-order valence-electron chi connectivity index (χ1n) is 17.4. The molecule has 0 aliphatic carbocycles. The van der Waals surface area contributed by atoms with E-state index in [4.69, 9.17) is 0 Å². The van der Waals surface area contributed by atoms with Gasteiger partial charge in [-0.1, -0.05) is 108 Å². The first-order valence-corrected chi connectivity index (χ1v) is 17.4. The number of phenols is 2. The molecule has 0 spiro atoms. The van der Waals surface area contributed by atoms with Crippen LogP contribution in [0.2, 0.25) is 0 Å². The number of anilines is 6. The van der Waals surface area contributed by atoms with Gasteiger partial charge in [0.2, 0.25) is 0 Å². The number of aryl methyl sites for hydroxylation is 2. The Morgan fingerprint density at radius 3 is 0.731 bits per heavy atom. The van der Waals surface area contributed by atoms with E-state index in [9.17, 15) is 10.2 Å². The molecule has 0 bridgehead atoms. The molecule has 254 valence electrons. The summed E-state index contributed by atoms with van der Waals surface area (Å²) in [4.78, 5) is 4.37. The molecule has 7 aromatic carbocycles.